The normalized spacial score (nSPS) is 13.7. The van der Waals surface area contributed by atoms with Gasteiger partial charge in [-0.25, -0.2) is 0 Å². The molecule has 0 saturated heterocycles. The van der Waals surface area contributed by atoms with E-state index in [-0.39, 0.29) is 5.41 Å². The number of aromatic nitrogens is 2. The van der Waals surface area contributed by atoms with Gasteiger partial charge in [-0.3, -0.25) is 4.98 Å². The van der Waals surface area contributed by atoms with Gasteiger partial charge in [0.2, 0.25) is 0 Å². The lowest BCUT2D eigenvalue weighted by molar-refractivity contribution is 0.632. The zero-order valence-corrected chi connectivity index (χ0v) is 21.4. The molecule has 0 aliphatic heterocycles. The van der Waals surface area contributed by atoms with Crippen LogP contribution < -0.4 is 0 Å². The van der Waals surface area contributed by atoms with E-state index in [2.05, 4.69) is 128 Å². The quantitative estimate of drug-likeness (QED) is 0.226. The van der Waals surface area contributed by atoms with E-state index >= 15 is 0 Å². The van der Waals surface area contributed by atoms with E-state index in [1.165, 1.54) is 66.9 Å². The Bertz CT molecular complexity index is 1820. The molecule has 38 heavy (non-hydrogen) atoms. The molecule has 0 fully saturated rings. The van der Waals surface area contributed by atoms with Gasteiger partial charge in [0.05, 0.1) is 5.69 Å². The van der Waals surface area contributed by atoms with Crippen molar-refractivity contribution in [3.63, 3.8) is 0 Å². The number of rotatable bonds is 1. The minimum atomic E-state index is -0.187. The number of fused-ring (bicyclic) bond motifs is 11. The highest BCUT2D eigenvalue weighted by Crippen LogP contribution is 2.52. The Hall–Kier alpha value is -4.69. The van der Waals surface area contributed by atoms with Crippen LogP contribution in [0.5, 0.6) is 0 Å². The highest BCUT2D eigenvalue weighted by atomic mass is 15.0. The Morgan fingerprint density at radius 2 is 0.921 bits per heavy atom. The van der Waals surface area contributed by atoms with Crippen molar-refractivity contribution in [2.24, 2.45) is 0 Å². The van der Waals surface area contributed by atoms with Crippen LogP contribution in [0, 0.1) is 0 Å². The lowest BCUT2D eigenvalue weighted by Gasteiger charge is -2.23. The number of hydrogen-bond acceptors (Lipinski definition) is 1. The summed E-state index contributed by atoms with van der Waals surface area (Å²) in [6.07, 6.45) is 6.58. The average molecular weight is 487 g/mol. The third-order valence-corrected chi connectivity index (χ3v) is 8.40. The molecule has 2 aromatic heterocycles. The molecule has 0 bridgehead atoms. The van der Waals surface area contributed by atoms with Crippen molar-refractivity contribution in [3.8, 4) is 61.3 Å². The van der Waals surface area contributed by atoms with E-state index in [4.69, 9.17) is 4.98 Å². The minimum Gasteiger partial charge on any atom is -0.322 e. The largest absolute Gasteiger partial charge is 0.322 e. The van der Waals surface area contributed by atoms with Crippen molar-refractivity contribution in [2.75, 3.05) is 0 Å². The Morgan fingerprint density at radius 1 is 0.474 bits per heavy atom. The predicted octanol–water partition coefficient (Wildman–Crippen LogP) is 9.16. The van der Waals surface area contributed by atoms with Crippen LogP contribution in [0.2, 0.25) is 0 Å². The molecule has 2 heteroatoms. The first-order valence-electron chi connectivity index (χ1n) is 13.2. The summed E-state index contributed by atoms with van der Waals surface area (Å²) in [6.45, 7) is 4.60. The van der Waals surface area contributed by atoms with Crippen LogP contribution >= 0.6 is 0 Å². The minimum absolute atomic E-state index is 0.187. The third kappa shape index (κ3) is 2.80. The number of nitrogens with zero attached hydrogens (tertiary/aromatic N) is 2. The average Bonchev–Trinajstić information content (AvgIpc) is 3.50. The van der Waals surface area contributed by atoms with Gasteiger partial charge in [0, 0.05) is 46.4 Å². The summed E-state index contributed by atoms with van der Waals surface area (Å²) in [5, 5.41) is 0. The van der Waals surface area contributed by atoms with Gasteiger partial charge in [0.25, 0.3) is 0 Å². The van der Waals surface area contributed by atoms with Crippen LogP contribution in [0.3, 0.4) is 0 Å². The van der Waals surface area contributed by atoms with Gasteiger partial charge in [-0.15, -0.1) is 0 Å². The van der Waals surface area contributed by atoms with Gasteiger partial charge < -0.3 is 4.57 Å². The molecule has 0 saturated carbocycles. The van der Waals surface area contributed by atoms with Crippen LogP contribution in [-0.4, -0.2) is 9.55 Å². The van der Waals surface area contributed by atoms with Gasteiger partial charge in [-0.05, 0) is 56.6 Å². The predicted molar refractivity (Wildman–Crippen MR) is 156 cm³/mol. The molecular weight excluding hydrogens is 460 g/mol. The fraction of sp³-hybridized carbons (Fsp3) is 0.0833. The Morgan fingerprint density at radius 3 is 1.45 bits per heavy atom. The second-order valence-electron chi connectivity index (χ2n) is 10.9. The Balaban J connectivity index is 1.44. The van der Waals surface area contributed by atoms with Crippen molar-refractivity contribution in [1.82, 2.24) is 9.55 Å². The van der Waals surface area contributed by atoms with Crippen LogP contribution in [0.1, 0.15) is 25.1 Å². The zero-order valence-electron chi connectivity index (χ0n) is 21.4. The number of hydrogen-bond donors (Lipinski definition) is 0. The number of benzene rings is 4. The van der Waals surface area contributed by atoms with Crippen molar-refractivity contribution in [3.05, 3.63) is 133 Å². The maximum atomic E-state index is 4.82. The van der Waals surface area contributed by atoms with Gasteiger partial charge in [0.1, 0.15) is 0 Å². The third-order valence-electron chi connectivity index (χ3n) is 8.40. The molecule has 0 N–H and O–H groups in total. The van der Waals surface area contributed by atoms with Crippen molar-refractivity contribution in [2.45, 2.75) is 19.3 Å². The summed E-state index contributed by atoms with van der Waals surface area (Å²) in [4.78, 5) is 4.82. The molecule has 8 rings (SSSR count). The molecule has 2 aliphatic rings. The monoisotopic (exact) mass is 486 g/mol. The molecule has 4 aromatic carbocycles. The van der Waals surface area contributed by atoms with E-state index in [0.29, 0.717) is 0 Å². The molecule has 180 valence electrons. The SMILES string of the molecule is CC1(C)c2ncccc2-c2cccc(-n3cc4c(c3)-c3ccccc3-c3ccccc3-c3ccccc3-4)c21. The molecule has 0 spiro atoms. The second-order valence-corrected chi connectivity index (χ2v) is 10.9. The molecule has 0 amide bonds. The highest BCUT2D eigenvalue weighted by molar-refractivity contribution is 6.03. The van der Waals surface area contributed by atoms with E-state index in [0.717, 1.165) is 5.69 Å². The molecule has 2 aliphatic carbocycles. The highest BCUT2D eigenvalue weighted by Gasteiger charge is 2.39. The van der Waals surface area contributed by atoms with Gasteiger partial charge in [-0.1, -0.05) is 105 Å². The first-order chi connectivity index (χ1) is 18.6. The lowest BCUT2D eigenvalue weighted by Crippen LogP contribution is -2.19. The summed E-state index contributed by atoms with van der Waals surface area (Å²) in [5.41, 5.74) is 16.2. The maximum absolute atomic E-state index is 4.82. The zero-order chi connectivity index (χ0) is 25.4. The van der Waals surface area contributed by atoms with Crippen LogP contribution in [0.4, 0.5) is 0 Å². The lowest BCUT2D eigenvalue weighted by atomic mass is 9.82. The van der Waals surface area contributed by atoms with Gasteiger partial charge in [0.15, 0.2) is 0 Å². The summed E-state index contributed by atoms with van der Waals surface area (Å²) in [7, 11) is 0. The molecule has 2 nitrogen and oxygen atoms in total. The van der Waals surface area contributed by atoms with E-state index < -0.39 is 0 Å². The van der Waals surface area contributed by atoms with E-state index in [1.54, 1.807) is 0 Å². The Kier molecular flexibility index (Phi) is 4.31. The van der Waals surface area contributed by atoms with Gasteiger partial charge in [-0.2, -0.15) is 0 Å². The standard InChI is InChI=1S/C36H26N2/c1-36(2)34-29(30-18-10-20-37-35(30)36)17-9-19-33(34)38-21-31-27-15-7-5-13-25(27)23-11-3-4-12-24(23)26-14-6-8-16-28(26)32(31)22-38/h3-22H,1-2H3. The fourth-order valence-corrected chi connectivity index (χ4v) is 6.76. The van der Waals surface area contributed by atoms with Crippen molar-refractivity contribution >= 4 is 0 Å². The molecule has 6 aromatic rings. The second kappa shape index (κ2) is 7.66. The molecule has 0 atom stereocenters. The van der Waals surface area contributed by atoms with E-state index in [9.17, 15) is 0 Å². The first-order valence-corrected chi connectivity index (χ1v) is 13.2. The van der Waals surface area contributed by atoms with Crippen molar-refractivity contribution < 1.29 is 0 Å². The van der Waals surface area contributed by atoms with Crippen LogP contribution in [-0.2, 0) is 5.41 Å². The summed E-state index contributed by atoms with van der Waals surface area (Å²) in [6, 6.07) is 37.4. The topological polar surface area (TPSA) is 17.8 Å². The van der Waals surface area contributed by atoms with E-state index in [1.807, 2.05) is 12.3 Å². The summed E-state index contributed by atoms with van der Waals surface area (Å²) < 4.78 is 2.35. The van der Waals surface area contributed by atoms with Gasteiger partial charge >= 0.3 is 0 Å². The van der Waals surface area contributed by atoms with Crippen LogP contribution in [0.15, 0.2) is 122 Å². The summed E-state index contributed by atoms with van der Waals surface area (Å²) in [5.74, 6) is 0. The molecule has 0 radical (unpaired) electrons. The molecule has 0 unspecified atom stereocenters. The van der Waals surface area contributed by atoms with Crippen molar-refractivity contribution in [1.29, 1.82) is 0 Å². The van der Waals surface area contributed by atoms with Crippen LogP contribution in [0.25, 0.3) is 61.3 Å². The first kappa shape index (κ1) is 21.4. The maximum Gasteiger partial charge on any atom is 0.0583 e. The molecule has 2 heterocycles. The summed E-state index contributed by atoms with van der Waals surface area (Å²) >= 11 is 0. The Labute approximate surface area is 222 Å². The molecular formula is C36H26N2. The number of pyridine rings is 1. The smallest absolute Gasteiger partial charge is 0.0583 e. The fourth-order valence-electron chi connectivity index (χ4n) is 6.76.